The molecule has 0 unspecified atom stereocenters. The second-order valence-electron chi connectivity index (χ2n) is 7.91. The summed E-state index contributed by atoms with van der Waals surface area (Å²) < 4.78 is 0. The van der Waals surface area contributed by atoms with Gasteiger partial charge in [0.05, 0.1) is 10.5 Å². The number of amides is 2. The van der Waals surface area contributed by atoms with Gasteiger partial charge in [-0.25, -0.2) is 4.98 Å². The molecule has 2 N–H and O–H groups in total. The lowest BCUT2D eigenvalue weighted by Gasteiger charge is -2.35. The number of piperazine rings is 1. The van der Waals surface area contributed by atoms with Crippen LogP contribution in [0.4, 0.5) is 0 Å². The monoisotopic (exact) mass is 424 g/mol. The minimum atomic E-state index is -1.15. The van der Waals surface area contributed by atoms with Crippen LogP contribution in [0.1, 0.15) is 23.2 Å². The summed E-state index contributed by atoms with van der Waals surface area (Å²) in [5.74, 6) is 0.429. The number of nitrogens with zero attached hydrogens (tertiary/aromatic N) is 3. The highest BCUT2D eigenvalue weighted by Crippen LogP contribution is 2.37. The minimum Gasteiger partial charge on any atom is -0.380 e. The fraction of sp³-hybridized carbons (Fsp3) is 0.318. The molecule has 7 nitrogen and oxygen atoms in total. The van der Waals surface area contributed by atoms with Crippen molar-refractivity contribution >= 4 is 34.4 Å². The van der Waals surface area contributed by atoms with Crippen molar-refractivity contribution in [2.24, 2.45) is 0 Å². The van der Waals surface area contributed by atoms with Crippen molar-refractivity contribution in [1.29, 1.82) is 0 Å². The number of aliphatic hydroxyl groups is 1. The Bertz CT molecular complexity index is 1130. The number of para-hydroxylation sites is 1. The third kappa shape index (κ3) is 3.34. The number of nitrogens with one attached hydrogen (secondary N) is 1. The van der Waals surface area contributed by atoms with Gasteiger partial charge in [0.25, 0.3) is 11.8 Å². The molecule has 1 aliphatic carbocycles. The smallest absolute Gasteiger partial charge is 0.254 e. The zero-order valence-corrected chi connectivity index (χ0v) is 17.0. The van der Waals surface area contributed by atoms with E-state index in [0.29, 0.717) is 55.4 Å². The van der Waals surface area contributed by atoms with Crippen LogP contribution in [0.5, 0.6) is 0 Å². The highest BCUT2D eigenvalue weighted by molar-refractivity contribution is 6.35. The summed E-state index contributed by atoms with van der Waals surface area (Å²) in [6.45, 7) is 1.82. The molecule has 8 heteroatoms. The van der Waals surface area contributed by atoms with E-state index in [0.717, 1.165) is 16.6 Å². The molecule has 1 aromatic heterocycles. The first-order valence-corrected chi connectivity index (χ1v) is 10.4. The van der Waals surface area contributed by atoms with Gasteiger partial charge in [-0.1, -0.05) is 29.8 Å². The Kier molecular flexibility index (Phi) is 4.52. The Labute approximate surface area is 178 Å². The van der Waals surface area contributed by atoms with E-state index in [4.69, 9.17) is 11.6 Å². The molecule has 154 valence electrons. The van der Waals surface area contributed by atoms with Crippen LogP contribution < -0.4 is 0 Å². The van der Waals surface area contributed by atoms with Gasteiger partial charge in [0.15, 0.2) is 0 Å². The maximum absolute atomic E-state index is 12.9. The maximum atomic E-state index is 12.9. The number of rotatable bonds is 3. The van der Waals surface area contributed by atoms with Crippen molar-refractivity contribution in [3.05, 3.63) is 53.1 Å². The standard InChI is InChI=1S/C22H21ClN4O3/c23-16-2-1-3-17-18(16)25-19(24-17)14-4-6-15(7-5-14)20(28)26-10-12-27(13-11-26)21(29)22(30)8-9-22/h1-7,30H,8-13H2,(H,24,25). The molecule has 5 rings (SSSR count). The number of hydrogen-bond donors (Lipinski definition) is 2. The second kappa shape index (κ2) is 7.11. The minimum absolute atomic E-state index is 0.0635. The second-order valence-corrected chi connectivity index (χ2v) is 8.32. The molecule has 0 spiro atoms. The number of fused-ring (bicyclic) bond motifs is 1. The largest absolute Gasteiger partial charge is 0.380 e. The van der Waals surface area contributed by atoms with Gasteiger partial charge in [-0.05, 0) is 37.1 Å². The van der Waals surface area contributed by atoms with Crippen molar-refractivity contribution in [3.63, 3.8) is 0 Å². The molecule has 1 saturated heterocycles. The van der Waals surface area contributed by atoms with E-state index >= 15 is 0 Å². The number of aromatic amines is 1. The Morgan fingerprint density at radius 2 is 1.67 bits per heavy atom. The van der Waals surface area contributed by atoms with Crippen LogP contribution in [0.15, 0.2) is 42.5 Å². The Morgan fingerprint density at radius 1 is 1.00 bits per heavy atom. The van der Waals surface area contributed by atoms with E-state index < -0.39 is 5.60 Å². The number of imidazole rings is 1. The third-order valence-electron chi connectivity index (χ3n) is 5.84. The van der Waals surface area contributed by atoms with Gasteiger partial charge in [-0.15, -0.1) is 0 Å². The van der Waals surface area contributed by atoms with Gasteiger partial charge in [0.1, 0.15) is 16.9 Å². The first-order valence-electron chi connectivity index (χ1n) is 10.0. The van der Waals surface area contributed by atoms with Crippen LogP contribution in [0.2, 0.25) is 5.02 Å². The summed E-state index contributed by atoms with van der Waals surface area (Å²) in [6.07, 6.45) is 1.07. The average Bonchev–Trinajstić information content (AvgIpc) is 3.37. The fourth-order valence-electron chi connectivity index (χ4n) is 3.83. The van der Waals surface area contributed by atoms with Gasteiger partial charge in [-0.3, -0.25) is 9.59 Å². The number of halogens is 1. The topological polar surface area (TPSA) is 89.5 Å². The van der Waals surface area contributed by atoms with Gasteiger partial charge >= 0.3 is 0 Å². The number of hydrogen-bond acceptors (Lipinski definition) is 4. The molecule has 30 heavy (non-hydrogen) atoms. The van der Waals surface area contributed by atoms with Crippen LogP contribution >= 0.6 is 11.6 Å². The maximum Gasteiger partial charge on any atom is 0.254 e. The van der Waals surface area contributed by atoms with Crippen LogP contribution in [0.25, 0.3) is 22.4 Å². The molecule has 0 radical (unpaired) electrons. The molecule has 1 saturated carbocycles. The van der Waals surface area contributed by atoms with E-state index in [2.05, 4.69) is 9.97 Å². The first kappa shape index (κ1) is 19.1. The molecule has 3 aromatic rings. The van der Waals surface area contributed by atoms with Crippen molar-refractivity contribution in [1.82, 2.24) is 19.8 Å². The van der Waals surface area contributed by atoms with E-state index in [1.54, 1.807) is 28.0 Å². The quantitative estimate of drug-likeness (QED) is 0.676. The molecule has 2 fully saturated rings. The SMILES string of the molecule is O=C(c1ccc(-c2nc3c(Cl)cccc3[nH]2)cc1)N1CCN(C(=O)C2(O)CC2)CC1. The van der Waals surface area contributed by atoms with E-state index in [1.165, 1.54) is 0 Å². The summed E-state index contributed by atoms with van der Waals surface area (Å²) in [5, 5.41) is 10.6. The van der Waals surface area contributed by atoms with E-state index in [9.17, 15) is 14.7 Å². The predicted octanol–water partition coefficient (Wildman–Crippen LogP) is 2.69. The highest BCUT2D eigenvalue weighted by Gasteiger charge is 2.50. The number of H-pyrrole nitrogens is 1. The number of benzene rings is 2. The Hall–Kier alpha value is -2.90. The van der Waals surface area contributed by atoms with Crippen molar-refractivity contribution in [2.75, 3.05) is 26.2 Å². The molecule has 2 aliphatic rings. The fourth-order valence-corrected chi connectivity index (χ4v) is 4.04. The number of aromatic nitrogens is 2. The van der Waals surface area contributed by atoms with Crippen molar-refractivity contribution < 1.29 is 14.7 Å². The number of carbonyl (C=O) groups excluding carboxylic acids is 2. The van der Waals surface area contributed by atoms with Gasteiger partial charge < -0.3 is 19.9 Å². The molecule has 0 bridgehead atoms. The molecule has 2 amide bonds. The van der Waals surface area contributed by atoms with Gasteiger partial charge in [0, 0.05) is 37.3 Å². The summed E-state index contributed by atoms with van der Waals surface area (Å²) in [5.41, 5.74) is 1.89. The van der Waals surface area contributed by atoms with Crippen LogP contribution in [0, 0.1) is 0 Å². The van der Waals surface area contributed by atoms with Crippen molar-refractivity contribution in [3.8, 4) is 11.4 Å². The van der Waals surface area contributed by atoms with Crippen LogP contribution in [-0.4, -0.2) is 68.5 Å². The summed E-state index contributed by atoms with van der Waals surface area (Å²) >= 11 is 6.20. The zero-order valence-electron chi connectivity index (χ0n) is 16.3. The molecular weight excluding hydrogens is 404 g/mol. The highest BCUT2D eigenvalue weighted by atomic mass is 35.5. The molecule has 1 aliphatic heterocycles. The van der Waals surface area contributed by atoms with E-state index in [-0.39, 0.29) is 11.8 Å². The lowest BCUT2D eigenvalue weighted by Crippen LogP contribution is -2.53. The number of carbonyl (C=O) groups is 2. The molecule has 0 atom stereocenters. The summed E-state index contributed by atoms with van der Waals surface area (Å²) in [4.78, 5) is 36.3. The zero-order chi connectivity index (χ0) is 20.9. The predicted molar refractivity (Wildman–Crippen MR) is 113 cm³/mol. The van der Waals surface area contributed by atoms with E-state index in [1.807, 2.05) is 24.3 Å². The summed E-state index contributed by atoms with van der Waals surface area (Å²) in [6, 6.07) is 12.9. The van der Waals surface area contributed by atoms with Crippen LogP contribution in [-0.2, 0) is 4.79 Å². The molecular formula is C22H21ClN4O3. The van der Waals surface area contributed by atoms with Gasteiger partial charge in [-0.2, -0.15) is 0 Å². The van der Waals surface area contributed by atoms with Gasteiger partial charge in [0.2, 0.25) is 0 Å². The normalized spacial score (nSPS) is 17.9. The third-order valence-corrected chi connectivity index (χ3v) is 6.15. The Morgan fingerprint density at radius 3 is 2.30 bits per heavy atom. The molecule has 2 heterocycles. The van der Waals surface area contributed by atoms with Crippen LogP contribution in [0.3, 0.4) is 0 Å². The lowest BCUT2D eigenvalue weighted by molar-refractivity contribution is -0.143. The average molecular weight is 425 g/mol. The summed E-state index contributed by atoms with van der Waals surface area (Å²) in [7, 11) is 0. The lowest BCUT2D eigenvalue weighted by atomic mass is 10.1. The molecule has 2 aromatic carbocycles. The Balaban J connectivity index is 1.27. The van der Waals surface area contributed by atoms with Crippen molar-refractivity contribution in [2.45, 2.75) is 18.4 Å². The first-order chi connectivity index (χ1) is 14.4.